The summed E-state index contributed by atoms with van der Waals surface area (Å²) in [6, 6.07) is 5.34. The van der Waals surface area contributed by atoms with Gasteiger partial charge in [0.25, 0.3) is 5.91 Å². The molecular formula is C26H29F3N8O. The second kappa shape index (κ2) is 10.0. The number of benzene rings is 1. The van der Waals surface area contributed by atoms with Gasteiger partial charge in [0, 0.05) is 55.2 Å². The molecule has 9 nitrogen and oxygen atoms in total. The van der Waals surface area contributed by atoms with Gasteiger partial charge in [0.15, 0.2) is 0 Å². The first-order valence-corrected chi connectivity index (χ1v) is 12.4. The number of aryl methyl sites for hydroxylation is 2. The number of amides is 1. The summed E-state index contributed by atoms with van der Waals surface area (Å²) < 4.78 is 42.7. The Bertz CT molecular complexity index is 1390. The molecule has 200 valence electrons. The molecule has 2 aromatic heterocycles. The summed E-state index contributed by atoms with van der Waals surface area (Å²) in [5.74, 6) is -0.554. The van der Waals surface area contributed by atoms with E-state index >= 15 is 0 Å². The summed E-state index contributed by atoms with van der Waals surface area (Å²) in [4.78, 5) is 19.4. The Hall–Kier alpha value is -4.06. The molecule has 0 spiro atoms. The van der Waals surface area contributed by atoms with E-state index in [9.17, 15) is 18.0 Å². The molecule has 1 aromatic carbocycles. The number of hydrogen-bond donors (Lipinski definition) is 3. The van der Waals surface area contributed by atoms with Gasteiger partial charge in [-0.15, -0.1) is 5.53 Å². The summed E-state index contributed by atoms with van der Waals surface area (Å²) in [5.41, 5.74) is 10.0. The molecule has 1 saturated heterocycles. The van der Waals surface area contributed by atoms with E-state index in [0.29, 0.717) is 30.2 Å². The standard InChI is InChI=1S/C26H29F3N8O/c1-16-24(37-15-23(33-34-37)22-14-31-35(3)17(22)2)9-18(13-30-16)25(38)32-20-10-19(26(27,28)29)11-21(12-20)36-7-5-4-6-8-36/h9-15,33-34H,4-8H2,1-3H3,(H,32,38). The van der Waals surface area contributed by atoms with Gasteiger partial charge >= 0.3 is 6.18 Å². The summed E-state index contributed by atoms with van der Waals surface area (Å²) in [6.45, 7) is 5.13. The smallest absolute Gasteiger partial charge is 0.371 e. The van der Waals surface area contributed by atoms with Crippen LogP contribution in [0.15, 0.2) is 42.9 Å². The van der Waals surface area contributed by atoms with Crippen LogP contribution in [-0.4, -0.2) is 33.8 Å². The fourth-order valence-corrected chi connectivity index (χ4v) is 4.62. The zero-order valence-corrected chi connectivity index (χ0v) is 21.4. The average molecular weight is 527 g/mol. The third-order valence-corrected chi connectivity index (χ3v) is 6.90. The number of halogens is 3. The van der Waals surface area contributed by atoms with E-state index in [4.69, 9.17) is 0 Å². The van der Waals surface area contributed by atoms with Gasteiger partial charge < -0.3 is 15.6 Å². The lowest BCUT2D eigenvalue weighted by Gasteiger charge is -2.29. The minimum Gasteiger partial charge on any atom is -0.371 e. The molecule has 2 aliphatic heterocycles. The maximum absolute atomic E-state index is 13.7. The van der Waals surface area contributed by atoms with Gasteiger partial charge in [-0.1, -0.05) is 0 Å². The molecule has 0 atom stereocenters. The predicted molar refractivity (Wildman–Crippen MR) is 139 cm³/mol. The number of rotatable bonds is 5. The maximum Gasteiger partial charge on any atom is 0.416 e. The number of anilines is 3. The first kappa shape index (κ1) is 25.6. The predicted octanol–water partition coefficient (Wildman–Crippen LogP) is 4.52. The molecule has 3 aromatic rings. The minimum absolute atomic E-state index is 0.0859. The number of hydrazine groups is 2. The maximum atomic E-state index is 13.7. The van der Waals surface area contributed by atoms with Crippen molar-refractivity contribution in [3.63, 3.8) is 0 Å². The summed E-state index contributed by atoms with van der Waals surface area (Å²) in [5, 5.41) is 8.60. The van der Waals surface area contributed by atoms with Crippen LogP contribution in [0.4, 0.5) is 30.2 Å². The fraction of sp³-hybridized carbons (Fsp3) is 0.346. The van der Waals surface area contributed by atoms with E-state index < -0.39 is 17.6 Å². The van der Waals surface area contributed by atoms with Gasteiger partial charge in [0.1, 0.15) is 0 Å². The number of carbonyl (C=O) groups excluding carboxylic acids is 1. The van der Waals surface area contributed by atoms with E-state index in [0.717, 1.165) is 48.3 Å². The van der Waals surface area contributed by atoms with Crippen molar-refractivity contribution in [3.8, 4) is 0 Å². The quantitative estimate of drug-likeness (QED) is 0.450. The zero-order chi connectivity index (χ0) is 27.0. The number of pyridine rings is 1. The normalized spacial score (nSPS) is 15.9. The van der Waals surface area contributed by atoms with Gasteiger partial charge in [-0.2, -0.15) is 18.3 Å². The summed E-state index contributed by atoms with van der Waals surface area (Å²) >= 11 is 0. The molecule has 38 heavy (non-hydrogen) atoms. The van der Waals surface area contributed by atoms with Gasteiger partial charge in [-0.3, -0.25) is 19.5 Å². The monoisotopic (exact) mass is 526 g/mol. The van der Waals surface area contributed by atoms with E-state index in [2.05, 4.69) is 26.4 Å². The fourth-order valence-electron chi connectivity index (χ4n) is 4.62. The van der Waals surface area contributed by atoms with Crippen molar-refractivity contribution in [1.29, 1.82) is 0 Å². The number of piperidine rings is 1. The second-order valence-corrected chi connectivity index (χ2v) is 9.51. The molecule has 0 aliphatic carbocycles. The average Bonchev–Trinajstić information content (AvgIpc) is 3.50. The number of aromatic nitrogens is 3. The summed E-state index contributed by atoms with van der Waals surface area (Å²) in [7, 11) is 1.86. The zero-order valence-electron chi connectivity index (χ0n) is 21.4. The van der Waals surface area contributed by atoms with Crippen molar-refractivity contribution in [3.05, 3.63) is 70.9 Å². The number of nitrogens with one attached hydrogen (secondary N) is 3. The highest BCUT2D eigenvalue weighted by atomic mass is 19.4. The van der Waals surface area contributed by atoms with Gasteiger partial charge in [-0.25, -0.2) is 0 Å². The van der Waals surface area contributed by atoms with Crippen LogP contribution in [0.1, 0.15) is 52.1 Å². The van der Waals surface area contributed by atoms with Crippen molar-refractivity contribution >= 4 is 28.7 Å². The van der Waals surface area contributed by atoms with Gasteiger partial charge in [-0.05, 0) is 57.4 Å². The molecule has 5 rings (SSSR count). The highest BCUT2D eigenvalue weighted by Gasteiger charge is 2.32. The van der Waals surface area contributed by atoms with E-state index in [1.165, 1.54) is 6.20 Å². The van der Waals surface area contributed by atoms with Crippen LogP contribution in [0.2, 0.25) is 0 Å². The van der Waals surface area contributed by atoms with Crippen LogP contribution in [0, 0.1) is 13.8 Å². The van der Waals surface area contributed by atoms with Crippen molar-refractivity contribution < 1.29 is 18.0 Å². The van der Waals surface area contributed by atoms with Crippen LogP contribution in [0.25, 0.3) is 5.70 Å². The van der Waals surface area contributed by atoms with Crippen molar-refractivity contribution in [2.45, 2.75) is 39.3 Å². The van der Waals surface area contributed by atoms with Crippen molar-refractivity contribution in [2.24, 2.45) is 7.05 Å². The SMILES string of the molecule is Cc1ncc(C(=O)Nc2cc(N3CCCCC3)cc(C(F)(F)F)c2)cc1N1C=C(c2cnn(C)c2C)NN1. The Morgan fingerprint density at radius 1 is 1.05 bits per heavy atom. The first-order chi connectivity index (χ1) is 18.1. The van der Waals surface area contributed by atoms with Gasteiger partial charge in [0.2, 0.25) is 0 Å². The highest BCUT2D eigenvalue weighted by molar-refractivity contribution is 6.05. The number of carbonyl (C=O) groups is 1. The molecule has 2 aliphatic rings. The van der Waals surface area contributed by atoms with Gasteiger partial charge in [0.05, 0.1) is 34.4 Å². The van der Waals surface area contributed by atoms with Crippen LogP contribution < -0.4 is 26.2 Å². The van der Waals surface area contributed by atoms with Crippen LogP contribution in [0.3, 0.4) is 0 Å². The largest absolute Gasteiger partial charge is 0.416 e. The van der Waals surface area contributed by atoms with Crippen LogP contribution in [-0.2, 0) is 13.2 Å². The lowest BCUT2D eigenvalue weighted by molar-refractivity contribution is -0.137. The van der Waals surface area contributed by atoms with E-state index in [-0.39, 0.29) is 11.3 Å². The van der Waals surface area contributed by atoms with E-state index in [1.54, 1.807) is 34.9 Å². The van der Waals surface area contributed by atoms with Crippen LogP contribution in [0.5, 0.6) is 0 Å². The molecule has 0 radical (unpaired) electrons. The lowest BCUT2D eigenvalue weighted by Crippen LogP contribution is -2.36. The first-order valence-electron chi connectivity index (χ1n) is 12.4. The molecule has 0 bridgehead atoms. The number of alkyl halides is 3. The third kappa shape index (κ3) is 5.17. The molecular weight excluding hydrogens is 497 g/mol. The Labute approximate surface area is 218 Å². The molecule has 1 amide bonds. The lowest BCUT2D eigenvalue weighted by atomic mass is 10.1. The van der Waals surface area contributed by atoms with E-state index in [1.807, 2.05) is 25.1 Å². The molecule has 12 heteroatoms. The molecule has 3 N–H and O–H groups in total. The molecule has 0 unspecified atom stereocenters. The topological polar surface area (TPSA) is 90.4 Å². The van der Waals surface area contributed by atoms with Crippen molar-refractivity contribution in [2.75, 3.05) is 28.3 Å². The Balaban J connectivity index is 1.40. The third-order valence-electron chi connectivity index (χ3n) is 6.90. The highest BCUT2D eigenvalue weighted by Crippen LogP contribution is 2.35. The number of nitrogens with zero attached hydrogens (tertiary/aromatic N) is 5. The second-order valence-electron chi connectivity index (χ2n) is 9.51. The Kier molecular flexibility index (Phi) is 6.74. The Morgan fingerprint density at radius 3 is 2.50 bits per heavy atom. The molecule has 4 heterocycles. The molecule has 0 saturated carbocycles. The minimum atomic E-state index is -4.53. The summed E-state index contributed by atoms with van der Waals surface area (Å²) in [6.07, 6.45) is 3.36. The number of hydrogen-bond acceptors (Lipinski definition) is 7. The Morgan fingerprint density at radius 2 is 1.82 bits per heavy atom. The molecule has 1 fully saturated rings. The van der Waals surface area contributed by atoms with Crippen LogP contribution >= 0.6 is 0 Å². The van der Waals surface area contributed by atoms with Crippen molar-refractivity contribution in [1.82, 2.24) is 25.7 Å².